The molecule has 1 atom stereocenters. The van der Waals surface area contributed by atoms with E-state index in [4.69, 9.17) is 9.15 Å². The van der Waals surface area contributed by atoms with Crippen molar-refractivity contribution in [2.75, 3.05) is 5.32 Å². The topological polar surface area (TPSA) is 113 Å². The number of aromatic amines is 1. The molecule has 0 aliphatic heterocycles. The fourth-order valence-corrected chi connectivity index (χ4v) is 2.68. The van der Waals surface area contributed by atoms with E-state index < -0.39 is 23.8 Å². The Morgan fingerprint density at radius 2 is 1.89 bits per heavy atom. The molecule has 0 aliphatic rings. The van der Waals surface area contributed by atoms with Crippen LogP contribution in [0.25, 0.3) is 11.1 Å². The number of anilines is 1. The van der Waals surface area contributed by atoms with Gasteiger partial charge in [-0.15, -0.1) is 0 Å². The molecule has 146 valence electrons. The maximum atomic E-state index is 12.6. The number of alkyl carbamates (subject to hydrolysis) is 1. The lowest BCUT2D eigenvalue weighted by atomic mass is 10.0. The largest absolute Gasteiger partial charge is 0.445 e. The van der Waals surface area contributed by atoms with Crippen molar-refractivity contribution < 1.29 is 18.7 Å². The molecule has 2 amide bonds. The first-order valence-electron chi connectivity index (χ1n) is 8.83. The predicted octanol–water partition coefficient (Wildman–Crippen LogP) is 3.01. The second-order valence-electron chi connectivity index (χ2n) is 6.64. The van der Waals surface area contributed by atoms with Crippen molar-refractivity contribution in [1.29, 1.82) is 0 Å². The molecule has 8 nitrogen and oxygen atoms in total. The van der Waals surface area contributed by atoms with Gasteiger partial charge in [-0.25, -0.2) is 9.59 Å². The summed E-state index contributed by atoms with van der Waals surface area (Å²) in [6.45, 7) is 3.75. The molecule has 1 aromatic heterocycles. The van der Waals surface area contributed by atoms with Crippen molar-refractivity contribution >= 4 is 28.8 Å². The van der Waals surface area contributed by atoms with Crippen LogP contribution in [0.2, 0.25) is 0 Å². The third-order valence-electron chi connectivity index (χ3n) is 4.12. The molecule has 28 heavy (non-hydrogen) atoms. The highest BCUT2D eigenvalue weighted by molar-refractivity contribution is 5.97. The number of hydrogen-bond donors (Lipinski definition) is 3. The predicted molar refractivity (Wildman–Crippen MR) is 104 cm³/mol. The molecule has 3 aromatic rings. The normalized spacial score (nSPS) is 12.0. The number of amides is 2. The minimum Gasteiger partial charge on any atom is -0.445 e. The maximum Gasteiger partial charge on any atom is 0.417 e. The highest BCUT2D eigenvalue weighted by Crippen LogP contribution is 2.17. The Morgan fingerprint density at radius 3 is 2.61 bits per heavy atom. The van der Waals surface area contributed by atoms with Gasteiger partial charge in [0, 0.05) is 5.69 Å². The quantitative estimate of drug-likeness (QED) is 0.605. The van der Waals surface area contributed by atoms with Crippen molar-refractivity contribution in [1.82, 2.24) is 10.3 Å². The van der Waals surface area contributed by atoms with E-state index in [0.29, 0.717) is 16.8 Å². The molecule has 2 aromatic carbocycles. The standard InChI is InChI=1S/C20H21N3O5/c1-12(2)17(23-19(25)27-11-13-6-4-3-5-7-13)18(24)21-14-8-9-16-15(10-14)22-20(26)28-16/h3-10,12,17H,11H2,1-2H3,(H,21,24)(H,22,26)(H,23,25)/t17-/m0/s1. The van der Waals surface area contributed by atoms with Gasteiger partial charge in [0.1, 0.15) is 12.6 Å². The van der Waals surface area contributed by atoms with Crippen LogP contribution < -0.4 is 16.4 Å². The first-order valence-corrected chi connectivity index (χ1v) is 8.83. The molecule has 0 saturated heterocycles. The van der Waals surface area contributed by atoms with Crippen molar-refractivity contribution in [3.63, 3.8) is 0 Å². The second-order valence-corrected chi connectivity index (χ2v) is 6.64. The van der Waals surface area contributed by atoms with Gasteiger partial charge in [0.15, 0.2) is 5.58 Å². The highest BCUT2D eigenvalue weighted by atomic mass is 16.5. The average molecular weight is 383 g/mol. The van der Waals surface area contributed by atoms with Crippen LogP contribution >= 0.6 is 0 Å². The van der Waals surface area contributed by atoms with Crippen molar-refractivity contribution in [3.8, 4) is 0 Å². The summed E-state index contributed by atoms with van der Waals surface area (Å²) in [6, 6.07) is 13.3. The third-order valence-corrected chi connectivity index (χ3v) is 4.12. The first-order chi connectivity index (χ1) is 13.4. The number of fused-ring (bicyclic) bond motifs is 1. The summed E-state index contributed by atoms with van der Waals surface area (Å²) in [4.78, 5) is 38.5. The summed E-state index contributed by atoms with van der Waals surface area (Å²) in [5, 5.41) is 5.33. The summed E-state index contributed by atoms with van der Waals surface area (Å²) >= 11 is 0. The van der Waals surface area contributed by atoms with Crippen LogP contribution in [-0.4, -0.2) is 23.0 Å². The Kier molecular flexibility index (Phi) is 5.78. The van der Waals surface area contributed by atoms with E-state index >= 15 is 0 Å². The maximum absolute atomic E-state index is 12.6. The zero-order valence-electron chi connectivity index (χ0n) is 15.5. The van der Waals surface area contributed by atoms with Gasteiger partial charge in [-0.05, 0) is 29.7 Å². The highest BCUT2D eigenvalue weighted by Gasteiger charge is 2.25. The molecule has 0 aliphatic carbocycles. The van der Waals surface area contributed by atoms with E-state index in [-0.39, 0.29) is 12.5 Å². The number of oxazole rings is 1. The van der Waals surface area contributed by atoms with Gasteiger partial charge in [-0.1, -0.05) is 44.2 Å². The van der Waals surface area contributed by atoms with Crippen molar-refractivity contribution in [3.05, 3.63) is 64.6 Å². The van der Waals surface area contributed by atoms with Gasteiger partial charge in [-0.2, -0.15) is 0 Å². The van der Waals surface area contributed by atoms with Crippen molar-refractivity contribution in [2.45, 2.75) is 26.5 Å². The molecule has 0 unspecified atom stereocenters. The average Bonchev–Trinajstić information content (AvgIpc) is 3.04. The van der Waals surface area contributed by atoms with E-state index in [2.05, 4.69) is 15.6 Å². The molecule has 0 fully saturated rings. The summed E-state index contributed by atoms with van der Waals surface area (Å²) in [5.74, 6) is -1.13. The van der Waals surface area contributed by atoms with Gasteiger partial charge in [0.25, 0.3) is 0 Å². The fourth-order valence-electron chi connectivity index (χ4n) is 2.68. The molecule has 3 rings (SSSR count). The molecular formula is C20H21N3O5. The van der Waals surface area contributed by atoms with Gasteiger partial charge in [-0.3, -0.25) is 9.78 Å². The Bertz CT molecular complexity index is 1020. The van der Waals surface area contributed by atoms with Crippen LogP contribution in [0.15, 0.2) is 57.7 Å². The van der Waals surface area contributed by atoms with Crippen LogP contribution in [0.5, 0.6) is 0 Å². The Morgan fingerprint density at radius 1 is 1.14 bits per heavy atom. The number of hydrogen-bond acceptors (Lipinski definition) is 5. The summed E-state index contributed by atoms with van der Waals surface area (Å²) < 4.78 is 10.1. The van der Waals surface area contributed by atoms with E-state index in [0.717, 1.165) is 5.56 Å². The molecule has 0 spiro atoms. The van der Waals surface area contributed by atoms with Gasteiger partial charge in [0.2, 0.25) is 5.91 Å². The van der Waals surface area contributed by atoms with Crippen molar-refractivity contribution in [2.24, 2.45) is 5.92 Å². The number of aromatic nitrogens is 1. The van der Waals surface area contributed by atoms with E-state index in [1.165, 1.54) is 0 Å². The molecule has 0 bridgehead atoms. The fraction of sp³-hybridized carbons (Fsp3) is 0.250. The third kappa shape index (κ3) is 4.79. The van der Waals surface area contributed by atoms with Crippen LogP contribution in [0, 0.1) is 5.92 Å². The molecule has 8 heteroatoms. The lowest BCUT2D eigenvalue weighted by molar-refractivity contribution is -0.119. The lowest BCUT2D eigenvalue weighted by Gasteiger charge is -2.21. The monoisotopic (exact) mass is 383 g/mol. The van der Waals surface area contributed by atoms with E-state index in [9.17, 15) is 14.4 Å². The Balaban J connectivity index is 1.62. The first kappa shape index (κ1) is 19.2. The SMILES string of the molecule is CC(C)[C@H](NC(=O)OCc1ccccc1)C(=O)Nc1ccc2oc(=O)[nH]c2c1. The zero-order chi connectivity index (χ0) is 20.1. The number of carbonyl (C=O) groups excluding carboxylic acids is 2. The number of H-pyrrole nitrogens is 1. The van der Waals surface area contributed by atoms with Crippen LogP contribution in [0.4, 0.5) is 10.5 Å². The molecular weight excluding hydrogens is 362 g/mol. The van der Waals surface area contributed by atoms with E-state index in [1.54, 1.807) is 18.2 Å². The number of ether oxygens (including phenoxy) is 1. The number of benzene rings is 2. The van der Waals surface area contributed by atoms with Crippen LogP contribution in [0.3, 0.4) is 0 Å². The van der Waals surface area contributed by atoms with Crippen LogP contribution in [-0.2, 0) is 16.1 Å². The minimum atomic E-state index is -0.789. The van der Waals surface area contributed by atoms with Gasteiger partial charge >= 0.3 is 11.8 Å². The zero-order valence-corrected chi connectivity index (χ0v) is 15.5. The van der Waals surface area contributed by atoms with Crippen LogP contribution in [0.1, 0.15) is 19.4 Å². The van der Waals surface area contributed by atoms with Gasteiger partial charge in [0.05, 0.1) is 5.52 Å². The summed E-state index contributed by atoms with van der Waals surface area (Å²) in [5.41, 5.74) is 2.19. The summed E-state index contributed by atoms with van der Waals surface area (Å²) in [6.07, 6.45) is -0.674. The summed E-state index contributed by atoms with van der Waals surface area (Å²) in [7, 11) is 0. The molecule has 1 heterocycles. The number of carbonyl (C=O) groups is 2. The molecule has 0 radical (unpaired) electrons. The number of rotatable bonds is 6. The smallest absolute Gasteiger partial charge is 0.417 e. The second kappa shape index (κ2) is 8.43. The lowest BCUT2D eigenvalue weighted by Crippen LogP contribution is -2.47. The van der Waals surface area contributed by atoms with E-state index in [1.807, 2.05) is 44.2 Å². The Labute approximate surface area is 160 Å². The molecule has 3 N–H and O–H groups in total. The Hall–Kier alpha value is -3.55. The molecule has 0 saturated carbocycles. The number of nitrogens with one attached hydrogen (secondary N) is 3. The van der Waals surface area contributed by atoms with Gasteiger partial charge < -0.3 is 19.8 Å². The minimum absolute atomic E-state index is 0.115.